The van der Waals surface area contributed by atoms with Crippen molar-refractivity contribution in [2.75, 3.05) is 12.4 Å². The van der Waals surface area contributed by atoms with Crippen LogP contribution in [0.15, 0.2) is 72.8 Å². The van der Waals surface area contributed by atoms with Gasteiger partial charge in [0.1, 0.15) is 11.6 Å². The minimum Gasteiger partial charge on any atom is -0.497 e. The lowest BCUT2D eigenvalue weighted by molar-refractivity contribution is -0.115. The average Bonchev–Trinajstić information content (AvgIpc) is 3.09. The molecule has 0 atom stereocenters. The third-order valence-electron chi connectivity index (χ3n) is 5.28. The Morgan fingerprint density at radius 2 is 1.63 bits per heavy atom. The van der Waals surface area contributed by atoms with Crippen molar-refractivity contribution in [1.29, 1.82) is 0 Å². The summed E-state index contributed by atoms with van der Waals surface area (Å²) in [5.41, 5.74) is 5.16. The van der Waals surface area contributed by atoms with E-state index in [0.29, 0.717) is 6.42 Å². The van der Waals surface area contributed by atoms with E-state index >= 15 is 0 Å². The molecule has 1 heterocycles. The number of hydrogen-bond acceptors (Lipinski definition) is 3. The monoisotopic (exact) mass is 399 g/mol. The number of carbonyl (C=O) groups excluding carboxylic acids is 1. The number of hydrogen-bond donors (Lipinski definition) is 1. The first-order valence-electron chi connectivity index (χ1n) is 10.0. The zero-order chi connectivity index (χ0) is 20.9. The number of nitrogens with one attached hydrogen (secondary N) is 1. The second kappa shape index (κ2) is 8.82. The lowest BCUT2D eigenvalue weighted by Crippen LogP contribution is -2.14. The molecule has 0 unspecified atom stereocenters. The molecule has 5 nitrogen and oxygen atoms in total. The van der Waals surface area contributed by atoms with E-state index in [0.717, 1.165) is 46.7 Å². The van der Waals surface area contributed by atoms with E-state index in [1.807, 2.05) is 54.6 Å². The highest BCUT2D eigenvalue weighted by Gasteiger charge is 2.08. The minimum absolute atomic E-state index is 0.0346. The smallest absolute Gasteiger partial charge is 0.228 e. The molecule has 0 saturated carbocycles. The van der Waals surface area contributed by atoms with Crippen LogP contribution in [0.2, 0.25) is 0 Å². The molecule has 0 radical (unpaired) electrons. The van der Waals surface area contributed by atoms with Gasteiger partial charge in [-0.1, -0.05) is 36.4 Å². The fourth-order valence-electron chi connectivity index (χ4n) is 3.56. The number of anilines is 1. The molecule has 152 valence electrons. The number of aromatic nitrogens is 2. The number of aryl methyl sites for hydroxylation is 3. The molecule has 4 rings (SSSR count). The number of carbonyl (C=O) groups is 1. The van der Waals surface area contributed by atoms with Gasteiger partial charge in [0.05, 0.1) is 24.6 Å². The molecule has 1 aromatic heterocycles. The topological polar surface area (TPSA) is 56.1 Å². The van der Waals surface area contributed by atoms with Gasteiger partial charge < -0.3 is 14.6 Å². The van der Waals surface area contributed by atoms with Crippen molar-refractivity contribution < 1.29 is 9.53 Å². The van der Waals surface area contributed by atoms with Crippen molar-refractivity contribution in [3.8, 4) is 5.75 Å². The van der Waals surface area contributed by atoms with E-state index in [1.54, 1.807) is 7.11 Å². The molecule has 0 spiro atoms. The van der Waals surface area contributed by atoms with E-state index in [4.69, 9.17) is 9.72 Å². The number of ether oxygens (including phenoxy) is 1. The largest absolute Gasteiger partial charge is 0.497 e. The van der Waals surface area contributed by atoms with Crippen LogP contribution in [0.1, 0.15) is 17.0 Å². The first kappa shape index (κ1) is 19.7. The van der Waals surface area contributed by atoms with E-state index < -0.39 is 0 Å². The zero-order valence-corrected chi connectivity index (χ0v) is 17.3. The van der Waals surface area contributed by atoms with Gasteiger partial charge in [0.2, 0.25) is 5.91 Å². The van der Waals surface area contributed by atoms with Gasteiger partial charge in [0.15, 0.2) is 0 Å². The van der Waals surface area contributed by atoms with Crippen LogP contribution in [0.4, 0.5) is 5.69 Å². The number of methoxy groups -OCH3 is 1. The van der Waals surface area contributed by atoms with Crippen LogP contribution in [0, 0.1) is 0 Å². The quantitative estimate of drug-likeness (QED) is 0.496. The third kappa shape index (κ3) is 4.51. The first-order valence-corrected chi connectivity index (χ1v) is 10.0. The highest BCUT2D eigenvalue weighted by molar-refractivity contribution is 5.92. The summed E-state index contributed by atoms with van der Waals surface area (Å²) in [4.78, 5) is 17.0. The number of rotatable bonds is 7. The maximum absolute atomic E-state index is 12.3. The summed E-state index contributed by atoms with van der Waals surface area (Å²) in [5.74, 6) is 1.83. The van der Waals surface area contributed by atoms with Gasteiger partial charge in [-0.3, -0.25) is 4.79 Å². The second-order valence-electron chi connectivity index (χ2n) is 7.35. The first-order chi connectivity index (χ1) is 14.6. The van der Waals surface area contributed by atoms with Gasteiger partial charge >= 0.3 is 0 Å². The van der Waals surface area contributed by atoms with Crippen LogP contribution in [-0.4, -0.2) is 22.6 Å². The van der Waals surface area contributed by atoms with Gasteiger partial charge in [-0.2, -0.15) is 0 Å². The lowest BCUT2D eigenvalue weighted by Gasteiger charge is -2.08. The summed E-state index contributed by atoms with van der Waals surface area (Å²) >= 11 is 0. The van der Waals surface area contributed by atoms with Crippen molar-refractivity contribution in [2.45, 2.75) is 19.3 Å². The Morgan fingerprint density at radius 1 is 0.933 bits per heavy atom. The molecule has 0 aliphatic carbocycles. The summed E-state index contributed by atoms with van der Waals surface area (Å²) < 4.78 is 7.30. The molecule has 4 aromatic rings. The van der Waals surface area contributed by atoms with Crippen molar-refractivity contribution >= 4 is 22.6 Å². The van der Waals surface area contributed by atoms with Gasteiger partial charge in [0, 0.05) is 19.2 Å². The van der Waals surface area contributed by atoms with E-state index in [1.165, 1.54) is 5.56 Å². The van der Waals surface area contributed by atoms with Crippen LogP contribution in [0.3, 0.4) is 0 Å². The average molecular weight is 399 g/mol. The molecule has 5 heteroatoms. The molecule has 1 amide bonds. The minimum atomic E-state index is -0.0346. The molecular weight excluding hydrogens is 374 g/mol. The molecular formula is C25H25N3O2. The van der Waals surface area contributed by atoms with Gasteiger partial charge in [-0.15, -0.1) is 0 Å². The Kier molecular flexibility index (Phi) is 5.80. The second-order valence-corrected chi connectivity index (χ2v) is 7.35. The van der Waals surface area contributed by atoms with Crippen LogP contribution in [0.5, 0.6) is 5.75 Å². The van der Waals surface area contributed by atoms with Gasteiger partial charge in [0.25, 0.3) is 0 Å². The number of nitrogens with zero attached hydrogens (tertiary/aromatic N) is 2. The predicted octanol–water partition coefficient (Wildman–Crippen LogP) is 4.55. The highest BCUT2D eigenvalue weighted by atomic mass is 16.5. The fourth-order valence-corrected chi connectivity index (χ4v) is 3.56. The van der Waals surface area contributed by atoms with Crippen molar-refractivity contribution in [2.24, 2.45) is 7.05 Å². The Hall–Kier alpha value is -3.60. The standard InChI is InChI=1S/C25H25N3O2/c1-28-23-6-4-3-5-22(23)27-24(28)16-11-18-7-12-20(13-8-18)26-25(29)17-19-9-14-21(30-2)15-10-19/h3-10,12-15H,11,16-17H2,1-2H3,(H,26,29). The summed E-state index contributed by atoms with van der Waals surface area (Å²) in [7, 11) is 3.69. The number of imidazole rings is 1. The van der Waals surface area contributed by atoms with E-state index in [-0.39, 0.29) is 5.91 Å². The van der Waals surface area contributed by atoms with Crippen molar-refractivity contribution in [3.63, 3.8) is 0 Å². The summed E-state index contributed by atoms with van der Waals surface area (Å²) in [5, 5.41) is 2.96. The molecule has 0 saturated heterocycles. The zero-order valence-electron chi connectivity index (χ0n) is 17.3. The molecule has 1 N–H and O–H groups in total. The molecule has 30 heavy (non-hydrogen) atoms. The molecule has 0 fully saturated rings. The highest BCUT2D eigenvalue weighted by Crippen LogP contribution is 2.17. The number of amides is 1. The summed E-state index contributed by atoms with van der Waals surface area (Å²) in [6.45, 7) is 0. The summed E-state index contributed by atoms with van der Waals surface area (Å²) in [6.07, 6.45) is 2.10. The number of benzene rings is 3. The van der Waals surface area contributed by atoms with E-state index in [2.05, 4.69) is 35.1 Å². The van der Waals surface area contributed by atoms with Crippen LogP contribution < -0.4 is 10.1 Å². The van der Waals surface area contributed by atoms with Crippen molar-refractivity contribution in [3.05, 3.63) is 89.7 Å². The van der Waals surface area contributed by atoms with Crippen LogP contribution in [-0.2, 0) is 31.1 Å². The Balaban J connectivity index is 1.33. The molecule has 0 bridgehead atoms. The number of para-hydroxylation sites is 2. The third-order valence-corrected chi connectivity index (χ3v) is 5.28. The Labute approximate surface area is 176 Å². The predicted molar refractivity (Wildman–Crippen MR) is 120 cm³/mol. The number of fused-ring (bicyclic) bond motifs is 1. The van der Waals surface area contributed by atoms with Crippen LogP contribution >= 0.6 is 0 Å². The van der Waals surface area contributed by atoms with Crippen LogP contribution in [0.25, 0.3) is 11.0 Å². The fraction of sp³-hybridized carbons (Fsp3) is 0.200. The lowest BCUT2D eigenvalue weighted by atomic mass is 10.1. The van der Waals surface area contributed by atoms with Crippen molar-refractivity contribution in [1.82, 2.24) is 9.55 Å². The molecule has 0 aliphatic rings. The molecule has 0 aliphatic heterocycles. The van der Waals surface area contributed by atoms with E-state index in [9.17, 15) is 4.79 Å². The Bertz CT molecular complexity index is 1150. The normalized spacial score (nSPS) is 10.9. The maximum Gasteiger partial charge on any atom is 0.228 e. The summed E-state index contributed by atoms with van der Waals surface area (Å²) in [6, 6.07) is 23.8. The SMILES string of the molecule is COc1ccc(CC(=O)Nc2ccc(CCc3nc4ccccc4n3C)cc2)cc1. The Morgan fingerprint density at radius 3 is 2.33 bits per heavy atom. The molecule has 3 aromatic carbocycles. The van der Waals surface area contributed by atoms with Gasteiger partial charge in [-0.25, -0.2) is 4.98 Å². The maximum atomic E-state index is 12.3. The van der Waals surface area contributed by atoms with Gasteiger partial charge in [-0.05, 0) is 53.9 Å².